The fourth-order valence-electron chi connectivity index (χ4n) is 5.20. The summed E-state index contributed by atoms with van der Waals surface area (Å²) in [6, 6.07) is 18.5. The lowest BCUT2D eigenvalue weighted by molar-refractivity contribution is -0.138. The molecule has 2 heterocycles. The number of hydrogen-bond acceptors (Lipinski definition) is 3. The van der Waals surface area contributed by atoms with Crippen LogP contribution in [0.15, 0.2) is 54.6 Å². The molecule has 2 aliphatic heterocycles. The number of piperidine rings is 1. The molecule has 2 saturated heterocycles. The van der Waals surface area contributed by atoms with Crippen LogP contribution in [0.3, 0.4) is 0 Å². The van der Waals surface area contributed by atoms with Crippen LogP contribution in [0.5, 0.6) is 0 Å². The molecular weight excluding hydrogens is 398 g/mol. The van der Waals surface area contributed by atoms with Crippen LogP contribution >= 0.6 is 0 Å². The van der Waals surface area contributed by atoms with Crippen LogP contribution in [0.25, 0.3) is 0 Å². The van der Waals surface area contributed by atoms with Crippen molar-refractivity contribution in [3.8, 4) is 0 Å². The molecule has 0 saturated carbocycles. The van der Waals surface area contributed by atoms with Crippen LogP contribution in [0.4, 0.5) is 5.69 Å². The first-order chi connectivity index (χ1) is 15.6. The maximum atomic E-state index is 13.4. The molecule has 2 aromatic carbocycles. The molecular formula is C27H35N3O2. The Labute approximate surface area is 191 Å². The van der Waals surface area contributed by atoms with Crippen molar-refractivity contribution in [3.63, 3.8) is 0 Å². The lowest BCUT2D eigenvalue weighted by atomic mass is 9.81. The molecule has 4 rings (SSSR count). The van der Waals surface area contributed by atoms with Crippen LogP contribution in [0.2, 0.25) is 0 Å². The van der Waals surface area contributed by atoms with Crippen LogP contribution in [-0.2, 0) is 22.7 Å². The average molecular weight is 434 g/mol. The summed E-state index contributed by atoms with van der Waals surface area (Å²) in [5.41, 5.74) is 3.32. The molecule has 2 aliphatic rings. The number of rotatable bonds is 6. The third kappa shape index (κ3) is 5.98. The van der Waals surface area contributed by atoms with Gasteiger partial charge in [0, 0.05) is 38.2 Å². The zero-order valence-electron chi connectivity index (χ0n) is 19.1. The molecule has 2 aromatic rings. The Balaban J connectivity index is 1.30. The number of carbonyl (C=O) groups excluding carboxylic acids is 2. The number of nitrogens with zero attached hydrogens (tertiary/aromatic N) is 2. The molecule has 5 heteroatoms. The molecule has 0 radical (unpaired) electrons. The summed E-state index contributed by atoms with van der Waals surface area (Å²) in [7, 11) is 0. The molecule has 1 unspecified atom stereocenters. The fourth-order valence-corrected chi connectivity index (χ4v) is 5.20. The van der Waals surface area contributed by atoms with E-state index < -0.39 is 0 Å². The first kappa shape index (κ1) is 22.5. The van der Waals surface area contributed by atoms with E-state index in [-0.39, 0.29) is 11.8 Å². The van der Waals surface area contributed by atoms with E-state index in [9.17, 15) is 9.59 Å². The van der Waals surface area contributed by atoms with Crippen molar-refractivity contribution < 1.29 is 9.59 Å². The summed E-state index contributed by atoms with van der Waals surface area (Å²) in [6.07, 6.45) is 5.50. The summed E-state index contributed by atoms with van der Waals surface area (Å²) in [4.78, 5) is 29.2. The third-order valence-electron chi connectivity index (χ3n) is 6.92. The minimum absolute atomic E-state index is 0.0461. The van der Waals surface area contributed by atoms with Crippen LogP contribution in [0, 0.1) is 11.8 Å². The smallest absolute Gasteiger partial charge is 0.226 e. The van der Waals surface area contributed by atoms with Gasteiger partial charge in [-0.3, -0.25) is 14.5 Å². The van der Waals surface area contributed by atoms with E-state index in [0.717, 1.165) is 70.5 Å². The van der Waals surface area contributed by atoms with E-state index >= 15 is 0 Å². The second kappa shape index (κ2) is 10.8. The summed E-state index contributed by atoms with van der Waals surface area (Å²) in [6.45, 7) is 6.16. The van der Waals surface area contributed by atoms with Crippen molar-refractivity contribution in [2.75, 3.05) is 25.0 Å². The van der Waals surface area contributed by atoms with E-state index in [4.69, 9.17) is 0 Å². The average Bonchev–Trinajstić information content (AvgIpc) is 2.98. The van der Waals surface area contributed by atoms with Gasteiger partial charge in [-0.2, -0.15) is 0 Å². The van der Waals surface area contributed by atoms with Crippen molar-refractivity contribution in [2.24, 2.45) is 11.8 Å². The number of anilines is 1. The molecule has 0 bridgehead atoms. The van der Waals surface area contributed by atoms with Crippen molar-refractivity contribution >= 4 is 17.5 Å². The van der Waals surface area contributed by atoms with Gasteiger partial charge >= 0.3 is 0 Å². The van der Waals surface area contributed by atoms with Crippen LogP contribution in [-0.4, -0.2) is 41.2 Å². The standard InChI is InChI=1S/C27H35N3O2/c1-21(31)28-25-12-10-23(11-13-25)19-29-17-14-24(15-18-29)26-9-5-6-16-30(27(26)32)20-22-7-3-2-4-8-22/h2-4,7-8,10-13,24,26H,5-6,9,14-20H2,1H3,(H,28,31). The minimum Gasteiger partial charge on any atom is -0.338 e. The number of likely N-dealkylation sites (tertiary alicyclic amines) is 2. The predicted octanol–water partition coefficient (Wildman–Crippen LogP) is 4.69. The predicted molar refractivity (Wildman–Crippen MR) is 128 cm³/mol. The summed E-state index contributed by atoms with van der Waals surface area (Å²) < 4.78 is 0. The SMILES string of the molecule is CC(=O)Nc1ccc(CN2CCC(C3CCCCN(Cc4ccccc4)C3=O)CC2)cc1. The summed E-state index contributed by atoms with van der Waals surface area (Å²) in [5.74, 6) is 1.01. The molecule has 2 amide bonds. The van der Waals surface area contributed by atoms with Gasteiger partial charge in [0.1, 0.15) is 0 Å². The van der Waals surface area contributed by atoms with Crippen LogP contribution < -0.4 is 5.32 Å². The van der Waals surface area contributed by atoms with Gasteiger partial charge in [0.25, 0.3) is 0 Å². The van der Waals surface area contributed by atoms with Crippen molar-refractivity contribution in [3.05, 3.63) is 65.7 Å². The normalized spacial score (nSPS) is 20.7. The third-order valence-corrected chi connectivity index (χ3v) is 6.92. The number of nitrogens with one attached hydrogen (secondary N) is 1. The maximum absolute atomic E-state index is 13.4. The number of carbonyl (C=O) groups is 2. The zero-order chi connectivity index (χ0) is 22.3. The van der Waals surface area contributed by atoms with Gasteiger partial charge in [-0.1, -0.05) is 48.9 Å². The second-order valence-corrected chi connectivity index (χ2v) is 9.34. The van der Waals surface area contributed by atoms with E-state index in [1.807, 2.05) is 18.2 Å². The molecule has 0 aliphatic carbocycles. The highest BCUT2D eigenvalue weighted by atomic mass is 16.2. The van der Waals surface area contributed by atoms with Crippen molar-refractivity contribution in [1.29, 1.82) is 0 Å². The van der Waals surface area contributed by atoms with E-state index in [2.05, 4.69) is 51.5 Å². The highest BCUT2D eigenvalue weighted by Crippen LogP contribution is 2.33. The highest BCUT2D eigenvalue weighted by Gasteiger charge is 2.35. The zero-order valence-corrected chi connectivity index (χ0v) is 19.1. The largest absolute Gasteiger partial charge is 0.338 e. The first-order valence-electron chi connectivity index (χ1n) is 12.0. The molecule has 32 heavy (non-hydrogen) atoms. The topological polar surface area (TPSA) is 52.7 Å². The monoisotopic (exact) mass is 433 g/mol. The Morgan fingerprint density at radius 2 is 1.56 bits per heavy atom. The van der Waals surface area contributed by atoms with Crippen molar-refractivity contribution in [1.82, 2.24) is 9.80 Å². The van der Waals surface area contributed by atoms with Gasteiger partial charge in [0.15, 0.2) is 0 Å². The first-order valence-corrected chi connectivity index (χ1v) is 12.0. The molecule has 170 valence electrons. The Morgan fingerprint density at radius 1 is 0.875 bits per heavy atom. The van der Waals surface area contributed by atoms with E-state index in [1.165, 1.54) is 18.1 Å². The number of benzene rings is 2. The minimum atomic E-state index is -0.0461. The van der Waals surface area contributed by atoms with Gasteiger partial charge in [-0.05, 0) is 68.0 Å². The lowest BCUT2D eigenvalue weighted by Crippen LogP contribution is -2.42. The Bertz CT molecular complexity index is 889. The molecule has 2 fully saturated rings. The Kier molecular flexibility index (Phi) is 7.59. The highest BCUT2D eigenvalue weighted by molar-refractivity contribution is 5.88. The van der Waals surface area contributed by atoms with E-state index in [1.54, 1.807) is 0 Å². The van der Waals surface area contributed by atoms with Gasteiger partial charge < -0.3 is 10.2 Å². The maximum Gasteiger partial charge on any atom is 0.226 e. The Hall–Kier alpha value is -2.66. The van der Waals surface area contributed by atoms with E-state index in [0.29, 0.717) is 11.8 Å². The summed E-state index contributed by atoms with van der Waals surface area (Å²) >= 11 is 0. The van der Waals surface area contributed by atoms with Crippen molar-refractivity contribution in [2.45, 2.75) is 52.1 Å². The number of hydrogen-bond donors (Lipinski definition) is 1. The van der Waals surface area contributed by atoms with Gasteiger partial charge in [-0.15, -0.1) is 0 Å². The fraction of sp³-hybridized carbons (Fsp3) is 0.481. The molecule has 1 atom stereocenters. The lowest BCUT2D eigenvalue weighted by Gasteiger charge is -2.36. The second-order valence-electron chi connectivity index (χ2n) is 9.34. The molecule has 1 N–H and O–H groups in total. The van der Waals surface area contributed by atoms with Gasteiger partial charge in [0.2, 0.25) is 11.8 Å². The van der Waals surface area contributed by atoms with Crippen LogP contribution in [0.1, 0.15) is 50.2 Å². The van der Waals surface area contributed by atoms with Gasteiger partial charge in [0.05, 0.1) is 0 Å². The Morgan fingerprint density at radius 3 is 2.25 bits per heavy atom. The molecule has 5 nitrogen and oxygen atoms in total. The quantitative estimate of drug-likeness (QED) is 0.719. The van der Waals surface area contributed by atoms with Gasteiger partial charge in [-0.25, -0.2) is 0 Å². The molecule has 0 spiro atoms. The number of amides is 2. The molecule has 0 aromatic heterocycles. The summed E-state index contributed by atoms with van der Waals surface area (Å²) in [5, 5.41) is 2.82.